The van der Waals surface area contributed by atoms with Crippen LogP contribution in [0.25, 0.3) is 0 Å². The lowest BCUT2D eigenvalue weighted by Crippen LogP contribution is -2.51. The second-order valence-corrected chi connectivity index (χ2v) is 11.7. The van der Waals surface area contributed by atoms with Crippen molar-refractivity contribution in [3.05, 3.63) is 23.3 Å². The van der Waals surface area contributed by atoms with E-state index in [-0.39, 0.29) is 16.9 Å². The third kappa shape index (κ3) is 3.06. The molecule has 0 aromatic carbocycles. The Balaban J connectivity index is 1.64. The summed E-state index contributed by atoms with van der Waals surface area (Å²) in [6.07, 6.45) is 12.7. The van der Waals surface area contributed by atoms with Crippen molar-refractivity contribution in [3.8, 4) is 0 Å². The maximum atomic E-state index is 11.1. The number of allylic oxidation sites excluding steroid dienone is 3. The zero-order chi connectivity index (χ0) is 21.2. The van der Waals surface area contributed by atoms with Gasteiger partial charge in [-0.3, -0.25) is 4.79 Å². The van der Waals surface area contributed by atoms with E-state index in [0.29, 0.717) is 35.5 Å². The first-order valence-corrected chi connectivity index (χ1v) is 11.8. The average molecular weight is 401 g/mol. The number of aliphatic carboxylic acids is 1. The molecule has 29 heavy (non-hydrogen) atoms. The molecule has 3 nitrogen and oxygen atoms in total. The zero-order valence-electron chi connectivity index (χ0n) is 19.0. The quantitative estimate of drug-likeness (QED) is 0.610. The molecule has 0 spiro atoms. The fourth-order valence-corrected chi connectivity index (χ4v) is 8.24. The monoisotopic (exact) mass is 400 g/mol. The summed E-state index contributed by atoms with van der Waals surface area (Å²) < 4.78 is 0. The van der Waals surface area contributed by atoms with E-state index in [2.05, 4.69) is 46.8 Å². The van der Waals surface area contributed by atoms with E-state index in [9.17, 15) is 9.90 Å². The second-order valence-electron chi connectivity index (χ2n) is 11.7. The smallest absolute Gasteiger partial charge is 0.303 e. The fraction of sp³-hybridized carbons (Fsp3) is 0.808. The zero-order valence-corrected chi connectivity index (χ0v) is 19.0. The Morgan fingerprint density at radius 1 is 1.07 bits per heavy atom. The van der Waals surface area contributed by atoms with Crippen LogP contribution in [0.15, 0.2) is 23.3 Å². The highest BCUT2D eigenvalue weighted by atomic mass is 16.4. The number of hydrogen-bond acceptors (Lipinski definition) is 2. The van der Waals surface area contributed by atoms with Gasteiger partial charge >= 0.3 is 5.97 Å². The summed E-state index contributed by atoms with van der Waals surface area (Å²) in [5, 5.41) is 19.8. The number of aliphatic hydroxyl groups is 1. The molecule has 0 amide bonds. The van der Waals surface area contributed by atoms with Crippen LogP contribution in [-0.4, -0.2) is 22.3 Å². The molecule has 3 saturated carbocycles. The molecule has 0 aromatic heterocycles. The van der Waals surface area contributed by atoms with Crippen molar-refractivity contribution in [2.45, 2.75) is 92.1 Å². The highest BCUT2D eigenvalue weighted by Crippen LogP contribution is 2.67. The first-order valence-electron chi connectivity index (χ1n) is 11.8. The van der Waals surface area contributed by atoms with E-state index in [1.54, 1.807) is 5.57 Å². The Morgan fingerprint density at radius 3 is 2.48 bits per heavy atom. The highest BCUT2D eigenvalue weighted by molar-refractivity contribution is 5.66. The molecule has 0 saturated heterocycles. The van der Waals surface area contributed by atoms with Crippen LogP contribution in [0.3, 0.4) is 0 Å². The van der Waals surface area contributed by atoms with Gasteiger partial charge in [0.15, 0.2) is 0 Å². The van der Waals surface area contributed by atoms with Crippen molar-refractivity contribution in [3.63, 3.8) is 0 Å². The van der Waals surface area contributed by atoms with Gasteiger partial charge in [-0.1, -0.05) is 57.9 Å². The second kappa shape index (κ2) is 6.97. The van der Waals surface area contributed by atoms with Gasteiger partial charge in [0.25, 0.3) is 0 Å². The topological polar surface area (TPSA) is 57.5 Å². The van der Waals surface area contributed by atoms with Crippen LogP contribution in [0, 0.1) is 39.9 Å². The summed E-state index contributed by atoms with van der Waals surface area (Å²) in [7, 11) is 0. The van der Waals surface area contributed by atoms with Crippen molar-refractivity contribution in [1.29, 1.82) is 0 Å². The molecule has 3 fully saturated rings. The van der Waals surface area contributed by atoms with Crippen LogP contribution in [0.4, 0.5) is 0 Å². The van der Waals surface area contributed by atoms with E-state index in [1.165, 1.54) is 31.3 Å². The van der Waals surface area contributed by atoms with Crippen LogP contribution in [0.1, 0.15) is 86.0 Å². The fourth-order valence-electron chi connectivity index (χ4n) is 8.24. The summed E-state index contributed by atoms with van der Waals surface area (Å²) >= 11 is 0. The van der Waals surface area contributed by atoms with Crippen molar-refractivity contribution in [1.82, 2.24) is 0 Å². The van der Waals surface area contributed by atoms with E-state index in [0.717, 1.165) is 19.3 Å². The Kier molecular flexibility index (Phi) is 5.08. The summed E-state index contributed by atoms with van der Waals surface area (Å²) in [6.45, 7) is 11.7. The van der Waals surface area contributed by atoms with Gasteiger partial charge < -0.3 is 10.2 Å². The summed E-state index contributed by atoms with van der Waals surface area (Å²) in [5.74, 6) is 1.70. The molecule has 4 rings (SSSR count). The first-order chi connectivity index (χ1) is 13.5. The van der Waals surface area contributed by atoms with Crippen LogP contribution >= 0.6 is 0 Å². The molecule has 1 unspecified atom stereocenters. The van der Waals surface area contributed by atoms with Gasteiger partial charge in [-0.25, -0.2) is 0 Å². The molecule has 0 aliphatic heterocycles. The molecule has 0 bridgehead atoms. The average Bonchev–Trinajstić information content (AvgIpc) is 3.00. The normalized spacial score (nSPS) is 44.1. The Labute approximate surface area is 176 Å². The van der Waals surface area contributed by atoms with Gasteiger partial charge in [-0.05, 0) is 79.4 Å². The van der Waals surface area contributed by atoms with Crippen LogP contribution in [0.5, 0.6) is 0 Å². The Hall–Kier alpha value is -1.09. The van der Waals surface area contributed by atoms with Crippen molar-refractivity contribution < 1.29 is 15.0 Å². The highest BCUT2D eigenvalue weighted by Gasteiger charge is 2.59. The third-order valence-corrected chi connectivity index (χ3v) is 9.98. The van der Waals surface area contributed by atoms with Gasteiger partial charge in [0.05, 0.1) is 6.10 Å². The number of carboxylic acid groups (broad SMARTS) is 1. The molecule has 0 heterocycles. The molecule has 0 radical (unpaired) electrons. The molecular weight excluding hydrogens is 360 g/mol. The maximum absolute atomic E-state index is 11.1. The molecule has 2 N–H and O–H groups in total. The lowest BCUT2D eigenvalue weighted by molar-refractivity contribution is -0.137. The predicted molar refractivity (Wildman–Crippen MR) is 116 cm³/mol. The van der Waals surface area contributed by atoms with Crippen molar-refractivity contribution in [2.75, 3.05) is 0 Å². The number of aliphatic hydroxyl groups excluding tert-OH is 1. The van der Waals surface area contributed by atoms with Crippen LogP contribution in [0.2, 0.25) is 0 Å². The summed E-state index contributed by atoms with van der Waals surface area (Å²) in [6, 6.07) is 0. The van der Waals surface area contributed by atoms with E-state index < -0.39 is 5.97 Å². The minimum Gasteiger partial charge on any atom is -0.481 e. The first kappa shape index (κ1) is 21.2. The SMILES string of the molecule is C[C@H](CCC(=O)O)[C@H]1CC[C@H]2C3=CC=C4C(C)(C)C(O)CC[C@]4(C)[C@H]3CC[C@]12C. The van der Waals surface area contributed by atoms with Gasteiger partial charge in [0.1, 0.15) is 0 Å². The molecule has 3 heteroatoms. The summed E-state index contributed by atoms with van der Waals surface area (Å²) in [4.78, 5) is 11.1. The molecule has 4 aliphatic rings. The van der Waals surface area contributed by atoms with Crippen molar-refractivity contribution >= 4 is 5.97 Å². The molecule has 4 aliphatic carbocycles. The van der Waals surface area contributed by atoms with Crippen molar-refractivity contribution in [2.24, 2.45) is 39.9 Å². The molecule has 0 aromatic rings. The third-order valence-electron chi connectivity index (χ3n) is 9.98. The lowest BCUT2D eigenvalue weighted by atomic mass is 9.47. The van der Waals surface area contributed by atoms with Crippen LogP contribution < -0.4 is 0 Å². The van der Waals surface area contributed by atoms with Gasteiger partial charge in [-0.15, -0.1) is 0 Å². The predicted octanol–water partition coefficient (Wildman–Crippen LogP) is 5.98. The molecular formula is C26H40O3. The minimum atomic E-state index is -0.664. The standard InChI is InChI=1S/C26H40O3/c1-16(6-11-23(28)29)18-8-9-19-17-7-10-21-24(2,3)22(27)13-15-26(21,5)20(17)12-14-25(18,19)4/h7,10,16,18-20,22,27H,6,8-9,11-15H2,1-5H3,(H,28,29)/t16-,18-,19+,20+,22?,25-,26-/m1/s1. The Bertz CT molecular complexity index is 747. The maximum Gasteiger partial charge on any atom is 0.303 e. The van der Waals surface area contributed by atoms with E-state index >= 15 is 0 Å². The number of fused-ring (bicyclic) bond motifs is 5. The van der Waals surface area contributed by atoms with Crippen LogP contribution in [-0.2, 0) is 4.79 Å². The number of carboxylic acids is 1. The number of hydrogen-bond donors (Lipinski definition) is 2. The van der Waals surface area contributed by atoms with Gasteiger partial charge in [0, 0.05) is 11.8 Å². The largest absolute Gasteiger partial charge is 0.481 e. The summed E-state index contributed by atoms with van der Waals surface area (Å²) in [5.41, 5.74) is 3.49. The van der Waals surface area contributed by atoms with Gasteiger partial charge in [0.2, 0.25) is 0 Å². The Morgan fingerprint density at radius 2 is 1.79 bits per heavy atom. The number of carbonyl (C=O) groups is 1. The number of rotatable bonds is 4. The minimum absolute atomic E-state index is 0.140. The van der Waals surface area contributed by atoms with E-state index in [1.807, 2.05) is 0 Å². The molecule has 7 atom stereocenters. The molecule has 162 valence electrons. The van der Waals surface area contributed by atoms with E-state index in [4.69, 9.17) is 5.11 Å². The van der Waals surface area contributed by atoms with Gasteiger partial charge in [-0.2, -0.15) is 0 Å². The lowest BCUT2D eigenvalue weighted by Gasteiger charge is -2.58.